The summed E-state index contributed by atoms with van der Waals surface area (Å²) < 4.78 is 39.0. The van der Waals surface area contributed by atoms with Crippen molar-refractivity contribution in [3.63, 3.8) is 0 Å². The summed E-state index contributed by atoms with van der Waals surface area (Å²) in [6.45, 7) is 0. The quantitative estimate of drug-likeness (QED) is 0.481. The number of hydrogen-bond acceptors (Lipinski definition) is 0. The van der Waals surface area contributed by atoms with E-state index in [4.69, 9.17) is 0 Å². The third-order valence-corrected chi connectivity index (χ3v) is 1.93. The summed E-state index contributed by atoms with van der Waals surface area (Å²) in [5.74, 6) is 0. The highest BCUT2D eigenvalue weighted by molar-refractivity contribution is 6.50. The first kappa shape index (κ1) is 14.2. The molecule has 0 aliphatic carbocycles. The van der Waals surface area contributed by atoms with Crippen LogP contribution in [0.4, 0.5) is 28.6 Å². The predicted molar refractivity (Wildman–Crippen MR) is 64.3 cm³/mol. The van der Waals surface area contributed by atoms with E-state index in [1.54, 1.807) is 0 Å². The summed E-state index contributed by atoms with van der Waals surface area (Å²) in [7, 11) is -6.00. The lowest BCUT2D eigenvalue weighted by Crippen LogP contribution is -2.70. The van der Waals surface area contributed by atoms with Crippen LogP contribution < -0.4 is 5.32 Å². The molecular weight excluding hydrogens is 245 g/mol. The second-order valence-corrected chi connectivity index (χ2v) is 3.46. The van der Waals surface area contributed by atoms with Gasteiger partial charge in [-0.05, 0) is 24.3 Å². The summed E-state index contributed by atoms with van der Waals surface area (Å²) in [6.07, 6.45) is 0. The number of benzene rings is 2. The molecule has 0 amide bonds. The number of para-hydroxylation sites is 2. The molecule has 0 aliphatic rings. The molecule has 2 aromatic rings. The molecule has 0 heterocycles. The minimum Gasteiger partial charge on any atom is -0.418 e. The van der Waals surface area contributed by atoms with Gasteiger partial charge in [-0.1, -0.05) is 36.4 Å². The first-order valence-corrected chi connectivity index (χ1v) is 5.27. The van der Waals surface area contributed by atoms with Gasteiger partial charge < -0.3 is 17.3 Å². The van der Waals surface area contributed by atoms with Crippen LogP contribution in [-0.4, -0.2) is 7.25 Å². The van der Waals surface area contributed by atoms with Crippen LogP contribution in [0.2, 0.25) is 0 Å². The maximum absolute atomic E-state index is 9.75. The molecule has 0 bridgehead atoms. The maximum atomic E-state index is 9.75. The second kappa shape index (κ2) is 6.81. The van der Waals surface area contributed by atoms with Crippen LogP contribution in [-0.2, 0) is 0 Å². The van der Waals surface area contributed by atoms with Crippen molar-refractivity contribution in [3.05, 3.63) is 60.7 Å². The Balaban J connectivity index is 0.000000280. The Hall–Kier alpha value is -1.82. The highest BCUT2D eigenvalue weighted by Crippen LogP contribution is 2.06. The number of rotatable bonds is 2. The van der Waals surface area contributed by atoms with Crippen LogP contribution in [0.25, 0.3) is 0 Å². The van der Waals surface area contributed by atoms with Gasteiger partial charge in [0.15, 0.2) is 0 Å². The third kappa shape index (κ3) is 7.46. The highest BCUT2D eigenvalue weighted by Gasteiger charge is 2.20. The Morgan fingerprint density at radius 1 is 0.611 bits per heavy atom. The number of nitrogens with two attached hydrogens (primary N) is 1. The molecule has 2 rings (SSSR count). The molecule has 0 fully saturated rings. The lowest BCUT2D eigenvalue weighted by molar-refractivity contribution is -0.478. The normalized spacial score (nSPS) is 10.4. The van der Waals surface area contributed by atoms with Gasteiger partial charge in [0.2, 0.25) is 0 Å². The standard InChI is InChI=1S/C12H11N.BF4/c1-3-7-11(8-4-1)13-12-9-5-2-6-10-12;2-1(3,4)5/h1-10,13H;/q;-1/p+1. The van der Waals surface area contributed by atoms with Crippen molar-refractivity contribution in [1.29, 1.82) is 0 Å². The molecule has 0 saturated heterocycles. The van der Waals surface area contributed by atoms with Gasteiger partial charge in [-0.2, -0.15) is 0 Å². The lowest BCUT2D eigenvalue weighted by Gasteiger charge is -1.98. The molecule has 2 aromatic carbocycles. The molecule has 0 unspecified atom stereocenters. The fourth-order valence-electron chi connectivity index (χ4n) is 1.29. The SMILES string of the molecule is F[B-](F)(F)F.c1ccc([NH2+]c2ccccc2)cc1. The molecule has 0 aromatic heterocycles. The molecule has 2 N–H and O–H groups in total. The first-order chi connectivity index (χ1) is 8.45. The largest absolute Gasteiger partial charge is 0.673 e. The predicted octanol–water partition coefficient (Wildman–Crippen LogP) is 3.51. The minimum absolute atomic E-state index is 1.24. The fraction of sp³-hybridized carbons (Fsp3) is 0. The fourth-order valence-corrected chi connectivity index (χ4v) is 1.29. The highest BCUT2D eigenvalue weighted by atomic mass is 19.5. The monoisotopic (exact) mass is 257 g/mol. The van der Waals surface area contributed by atoms with Crippen LogP contribution in [0, 0.1) is 0 Å². The summed E-state index contributed by atoms with van der Waals surface area (Å²) in [5.41, 5.74) is 2.49. The molecule has 18 heavy (non-hydrogen) atoms. The van der Waals surface area contributed by atoms with Crippen molar-refractivity contribution in [1.82, 2.24) is 0 Å². The van der Waals surface area contributed by atoms with Crippen molar-refractivity contribution in [3.8, 4) is 0 Å². The average Bonchev–Trinajstić information content (AvgIpc) is 2.29. The smallest absolute Gasteiger partial charge is 0.418 e. The Morgan fingerprint density at radius 3 is 1.17 bits per heavy atom. The van der Waals surface area contributed by atoms with Crippen LogP contribution >= 0.6 is 0 Å². The van der Waals surface area contributed by atoms with Crippen LogP contribution in [0.1, 0.15) is 0 Å². The van der Waals surface area contributed by atoms with E-state index in [2.05, 4.69) is 53.8 Å². The molecule has 0 saturated carbocycles. The zero-order valence-electron chi connectivity index (χ0n) is 9.44. The van der Waals surface area contributed by atoms with Crippen molar-refractivity contribution in [2.24, 2.45) is 0 Å². The molecule has 0 atom stereocenters. The van der Waals surface area contributed by atoms with E-state index in [1.165, 1.54) is 11.4 Å². The van der Waals surface area contributed by atoms with Gasteiger partial charge in [-0.3, -0.25) is 5.32 Å². The van der Waals surface area contributed by atoms with E-state index in [1.807, 2.05) is 12.1 Å². The Bertz CT molecular complexity index is 401. The van der Waals surface area contributed by atoms with E-state index in [9.17, 15) is 17.3 Å². The molecule has 6 heteroatoms. The summed E-state index contributed by atoms with van der Waals surface area (Å²) in [5, 5.41) is 2.17. The third-order valence-electron chi connectivity index (χ3n) is 1.93. The van der Waals surface area contributed by atoms with Gasteiger partial charge in [0, 0.05) is 0 Å². The van der Waals surface area contributed by atoms with Gasteiger partial charge in [0.1, 0.15) is 11.4 Å². The number of hydrogen-bond donors (Lipinski definition) is 1. The van der Waals surface area contributed by atoms with E-state index >= 15 is 0 Å². The van der Waals surface area contributed by atoms with Crippen LogP contribution in [0.5, 0.6) is 0 Å². The Labute approximate surface area is 103 Å². The second-order valence-electron chi connectivity index (χ2n) is 3.46. The van der Waals surface area contributed by atoms with E-state index in [0.29, 0.717) is 0 Å². The van der Waals surface area contributed by atoms with Crippen molar-refractivity contribution in [2.75, 3.05) is 0 Å². The van der Waals surface area contributed by atoms with Crippen LogP contribution in [0.3, 0.4) is 0 Å². The first-order valence-electron chi connectivity index (χ1n) is 5.27. The molecular formula is C12H12BF4N. The Morgan fingerprint density at radius 2 is 0.889 bits per heavy atom. The van der Waals surface area contributed by atoms with Gasteiger partial charge in [0.25, 0.3) is 0 Å². The van der Waals surface area contributed by atoms with E-state index in [0.717, 1.165) is 0 Å². The van der Waals surface area contributed by atoms with Crippen LogP contribution in [0.15, 0.2) is 60.7 Å². The van der Waals surface area contributed by atoms with E-state index < -0.39 is 7.25 Å². The van der Waals surface area contributed by atoms with Crippen molar-refractivity contribution < 1.29 is 22.6 Å². The lowest BCUT2D eigenvalue weighted by atomic mass is 10.3. The zero-order valence-corrected chi connectivity index (χ0v) is 9.44. The van der Waals surface area contributed by atoms with Gasteiger partial charge >= 0.3 is 7.25 Å². The van der Waals surface area contributed by atoms with Gasteiger partial charge in [-0.15, -0.1) is 0 Å². The zero-order chi connectivity index (χ0) is 13.4. The van der Waals surface area contributed by atoms with Gasteiger partial charge in [-0.25, -0.2) is 0 Å². The molecule has 0 spiro atoms. The summed E-state index contributed by atoms with van der Waals surface area (Å²) in [4.78, 5) is 0. The molecule has 0 aliphatic heterocycles. The van der Waals surface area contributed by atoms with Crippen molar-refractivity contribution >= 4 is 18.6 Å². The molecule has 0 radical (unpaired) electrons. The Kier molecular flexibility index (Phi) is 5.39. The topological polar surface area (TPSA) is 16.6 Å². The molecule has 1 nitrogen and oxygen atoms in total. The number of quaternary nitrogens is 1. The maximum Gasteiger partial charge on any atom is 0.673 e. The summed E-state index contributed by atoms with van der Waals surface area (Å²) in [6, 6.07) is 20.7. The van der Waals surface area contributed by atoms with E-state index in [-0.39, 0.29) is 0 Å². The van der Waals surface area contributed by atoms with Crippen molar-refractivity contribution in [2.45, 2.75) is 0 Å². The number of halogens is 4. The minimum atomic E-state index is -6.00. The molecule has 96 valence electrons. The average molecular weight is 257 g/mol. The summed E-state index contributed by atoms with van der Waals surface area (Å²) >= 11 is 0. The van der Waals surface area contributed by atoms with Gasteiger partial charge in [0.05, 0.1) is 0 Å².